The van der Waals surface area contributed by atoms with Crippen LogP contribution in [0.1, 0.15) is 44.0 Å². The monoisotopic (exact) mass is 362 g/mol. The van der Waals surface area contributed by atoms with Crippen molar-refractivity contribution in [3.63, 3.8) is 0 Å². The van der Waals surface area contributed by atoms with Gasteiger partial charge >= 0.3 is 6.09 Å². The van der Waals surface area contributed by atoms with Gasteiger partial charge < -0.3 is 24.4 Å². The summed E-state index contributed by atoms with van der Waals surface area (Å²) in [6.07, 6.45) is 1.47. The molecule has 0 aromatic heterocycles. The van der Waals surface area contributed by atoms with Crippen molar-refractivity contribution >= 4 is 12.0 Å². The average molecular weight is 362 g/mol. The SMILES string of the molecule is CC(C)(C)OC(=O)NCC1CCCN(C(=O)c2ccc3c(c2)OCO3)C1. The number of alkyl carbamates (subject to hydrolysis) is 1. The van der Waals surface area contributed by atoms with E-state index >= 15 is 0 Å². The summed E-state index contributed by atoms with van der Waals surface area (Å²) in [6.45, 7) is 7.52. The highest BCUT2D eigenvalue weighted by Gasteiger charge is 2.26. The molecular weight excluding hydrogens is 336 g/mol. The maximum atomic E-state index is 12.8. The van der Waals surface area contributed by atoms with Gasteiger partial charge in [-0.25, -0.2) is 4.79 Å². The summed E-state index contributed by atoms with van der Waals surface area (Å²) in [4.78, 5) is 26.4. The Hall–Kier alpha value is -2.44. The Kier molecular flexibility index (Phi) is 5.25. The summed E-state index contributed by atoms with van der Waals surface area (Å²) in [5.74, 6) is 1.47. The smallest absolute Gasteiger partial charge is 0.407 e. The van der Waals surface area contributed by atoms with Crippen LogP contribution in [-0.4, -0.2) is 48.9 Å². The summed E-state index contributed by atoms with van der Waals surface area (Å²) >= 11 is 0. The minimum Gasteiger partial charge on any atom is -0.454 e. The van der Waals surface area contributed by atoms with Crippen molar-refractivity contribution in [2.24, 2.45) is 5.92 Å². The van der Waals surface area contributed by atoms with Gasteiger partial charge in [-0.1, -0.05) is 0 Å². The molecule has 1 aromatic rings. The van der Waals surface area contributed by atoms with Crippen molar-refractivity contribution in [2.75, 3.05) is 26.4 Å². The molecule has 7 nitrogen and oxygen atoms in total. The maximum Gasteiger partial charge on any atom is 0.407 e. The highest BCUT2D eigenvalue weighted by molar-refractivity contribution is 5.95. The predicted octanol–water partition coefficient (Wildman–Crippen LogP) is 2.79. The molecular formula is C19H26N2O5. The third-order valence-corrected chi connectivity index (χ3v) is 4.36. The van der Waals surface area contributed by atoms with Crippen LogP contribution >= 0.6 is 0 Å². The quantitative estimate of drug-likeness (QED) is 0.895. The summed E-state index contributed by atoms with van der Waals surface area (Å²) < 4.78 is 15.9. The van der Waals surface area contributed by atoms with Gasteiger partial charge in [0.15, 0.2) is 11.5 Å². The number of hydrogen-bond donors (Lipinski definition) is 1. The first-order chi connectivity index (χ1) is 12.3. The number of carbonyl (C=O) groups excluding carboxylic acids is 2. The molecule has 1 fully saturated rings. The zero-order chi connectivity index (χ0) is 18.7. The first kappa shape index (κ1) is 18.4. The lowest BCUT2D eigenvalue weighted by molar-refractivity contribution is 0.0502. The van der Waals surface area contributed by atoms with Gasteiger partial charge in [0.2, 0.25) is 6.79 Å². The topological polar surface area (TPSA) is 77.1 Å². The second kappa shape index (κ2) is 7.43. The first-order valence-corrected chi connectivity index (χ1v) is 8.97. The molecule has 1 N–H and O–H groups in total. The van der Waals surface area contributed by atoms with E-state index in [9.17, 15) is 9.59 Å². The summed E-state index contributed by atoms with van der Waals surface area (Å²) in [6, 6.07) is 5.26. The number of nitrogens with zero attached hydrogens (tertiary/aromatic N) is 1. The number of hydrogen-bond acceptors (Lipinski definition) is 5. The Morgan fingerprint density at radius 3 is 2.81 bits per heavy atom. The highest BCUT2D eigenvalue weighted by atomic mass is 16.7. The van der Waals surface area contributed by atoms with Crippen molar-refractivity contribution in [3.8, 4) is 11.5 Å². The third-order valence-electron chi connectivity index (χ3n) is 4.36. The van der Waals surface area contributed by atoms with E-state index in [1.54, 1.807) is 18.2 Å². The number of amides is 2. The van der Waals surface area contributed by atoms with Crippen molar-refractivity contribution in [1.82, 2.24) is 10.2 Å². The number of rotatable bonds is 3. The van der Waals surface area contributed by atoms with Gasteiger partial charge in [0.1, 0.15) is 5.60 Å². The second-order valence-electron chi connectivity index (χ2n) is 7.71. The molecule has 26 heavy (non-hydrogen) atoms. The van der Waals surface area contributed by atoms with Gasteiger partial charge in [-0.05, 0) is 57.7 Å². The minimum atomic E-state index is -0.516. The van der Waals surface area contributed by atoms with E-state index in [1.807, 2.05) is 25.7 Å². The van der Waals surface area contributed by atoms with E-state index in [-0.39, 0.29) is 18.6 Å². The van der Waals surface area contributed by atoms with Crippen LogP contribution in [0.25, 0.3) is 0 Å². The molecule has 1 saturated heterocycles. The van der Waals surface area contributed by atoms with Crippen LogP contribution in [0.5, 0.6) is 11.5 Å². The molecule has 142 valence electrons. The lowest BCUT2D eigenvalue weighted by atomic mass is 9.97. The fraction of sp³-hybridized carbons (Fsp3) is 0.579. The van der Waals surface area contributed by atoms with Gasteiger partial charge in [-0.3, -0.25) is 4.79 Å². The van der Waals surface area contributed by atoms with Crippen LogP contribution in [-0.2, 0) is 4.74 Å². The Balaban J connectivity index is 1.54. The van der Waals surface area contributed by atoms with Crippen molar-refractivity contribution in [1.29, 1.82) is 0 Å². The predicted molar refractivity (Wildman–Crippen MR) is 95.4 cm³/mol. The molecule has 2 aliphatic heterocycles. The lowest BCUT2D eigenvalue weighted by Gasteiger charge is -2.33. The number of nitrogens with one attached hydrogen (secondary N) is 1. The minimum absolute atomic E-state index is 0.0229. The fourth-order valence-corrected chi connectivity index (χ4v) is 3.17. The van der Waals surface area contributed by atoms with Gasteiger partial charge in [-0.15, -0.1) is 0 Å². The Morgan fingerprint density at radius 2 is 2.04 bits per heavy atom. The molecule has 2 amide bonds. The van der Waals surface area contributed by atoms with Gasteiger partial charge in [0.05, 0.1) is 0 Å². The Morgan fingerprint density at radius 1 is 1.27 bits per heavy atom. The molecule has 0 radical (unpaired) electrons. The fourth-order valence-electron chi connectivity index (χ4n) is 3.17. The Labute approximate surface area is 153 Å². The van der Waals surface area contributed by atoms with E-state index in [2.05, 4.69) is 5.32 Å². The molecule has 2 aliphatic rings. The van der Waals surface area contributed by atoms with E-state index in [4.69, 9.17) is 14.2 Å². The molecule has 0 saturated carbocycles. The van der Waals surface area contributed by atoms with Gasteiger partial charge in [0, 0.05) is 25.2 Å². The maximum absolute atomic E-state index is 12.8. The average Bonchev–Trinajstić information content (AvgIpc) is 3.06. The molecule has 0 spiro atoms. The first-order valence-electron chi connectivity index (χ1n) is 8.97. The van der Waals surface area contributed by atoms with Crippen molar-refractivity contribution in [3.05, 3.63) is 23.8 Å². The van der Waals surface area contributed by atoms with Gasteiger partial charge in [-0.2, -0.15) is 0 Å². The van der Waals surface area contributed by atoms with Crippen LogP contribution in [0.4, 0.5) is 4.79 Å². The molecule has 0 aliphatic carbocycles. The van der Waals surface area contributed by atoms with E-state index in [0.29, 0.717) is 30.2 Å². The molecule has 1 atom stereocenters. The van der Waals surface area contributed by atoms with Crippen molar-refractivity contribution in [2.45, 2.75) is 39.2 Å². The summed E-state index contributed by atoms with van der Waals surface area (Å²) in [5.41, 5.74) is 0.0767. The van der Waals surface area contributed by atoms with E-state index in [1.165, 1.54) is 0 Å². The van der Waals surface area contributed by atoms with E-state index < -0.39 is 11.7 Å². The summed E-state index contributed by atoms with van der Waals surface area (Å²) in [7, 11) is 0. The molecule has 0 bridgehead atoms. The van der Waals surface area contributed by atoms with Gasteiger partial charge in [0.25, 0.3) is 5.91 Å². The zero-order valence-electron chi connectivity index (χ0n) is 15.5. The normalized spacial score (nSPS) is 19.2. The number of fused-ring (bicyclic) bond motifs is 1. The molecule has 1 aromatic carbocycles. The van der Waals surface area contributed by atoms with E-state index in [0.717, 1.165) is 19.4 Å². The number of ether oxygens (including phenoxy) is 3. The zero-order valence-corrected chi connectivity index (χ0v) is 15.5. The third kappa shape index (κ3) is 4.59. The standard InChI is InChI=1S/C19H26N2O5/c1-19(2,3)26-18(23)20-10-13-5-4-8-21(11-13)17(22)14-6-7-15-16(9-14)25-12-24-15/h6-7,9,13H,4-5,8,10-12H2,1-3H3,(H,20,23). The van der Waals surface area contributed by atoms with Crippen LogP contribution in [0.3, 0.4) is 0 Å². The highest BCUT2D eigenvalue weighted by Crippen LogP contribution is 2.33. The molecule has 1 unspecified atom stereocenters. The Bertz CT molecular complexity index is 683. The molecule has 7 heteroatoms. The summed E-state index contributed by atoms with van der Waals surface area (Å²) in [5, 5.41) is 2.81. The number of piperidine rings is 1. The number of likely N-dealkylation sites (tertiary alicyclic amines) is 1. The number of carbonyl (C=O) groups is 2. The largest absolute Gasteiger partial charge is 0.454 e. The van der Waals surface area contributed by atoms with Crippen LogP contribution in [0.2, 0.25) is 0 Å². The number of benzene rings is 1. The van der Waals surface area contributed by atoms with Crippen LogP contribution in [0, 0.1) is 5.92 Å². The van der Waals surface area contributed by atoms with Crippen molar-refractivity contribution < 1.29 is 23.8 Å². The second-order valence-corrected chi connectivity index (χ2v) is 7.71. The van der Waals surface area contributed by atoms with Crippen LogP contribution < -0.4 is 14.8 Å². The lowest BCUT2D eigenvalue weighted by Crippen LogP contribution is -2.44. The molecule has 2 heterocycles. The van der Waals surface area contributed by atoms with Crippen LogP contribution in [0.15, 0.2) is 18.2 Å². The molecule has 3 rings (SSSR count).